The van der Waals surface area contributed by atoms with E-state index in [0.29, 0.717) is 40.4 Å². The summed E-state index contributed by atoms with van der Waals surface area (Å²) in [5.41, 5.74) is 5.26. The first-order valence-electron chi connectivity index (χ1n) is 13.4. The highest BCUT2D eigenvalue weighted by Crippen LogP contribution is 2.39. The monoisotopic (exact) mass is 534 g/mol. The van der Waals surface area contributed by atoms with Gasteiger partial charge in [0.2, 0.25) is 0 Å². The number of aromatic nitrogens is 2. The Labute approximate surface area is 231 Å². The van der Waals surface area contributed by atoms with Crippen LogP contribution in [0.25, 0.3) is 5.65 Å². The molecule has 2 aromatic carbocycles. The second-order valence-corrected chi connectivity index (χ2v) is 10.8. The minimum absolute atomic E-state index is 0.105. The molecule has 3 atom stereocenters. The predicted molar refractivity (Wildman–Crippen MR) is 154 cm³/mol. The van der Waals surface area contributed by atoms with Crippen LogP contribution in [0.2, 0.25) is 0 Å². The van der Waals surface area contributed by atoms with Crippen LogP contribution in [-0.2, 0) is 0 Å². The van der Waals surface area contributed by atoms with Crippen LogP contribution in [0.15, 0.2) is 65.6 Å². The Hall–Kier alpha value is -4.84. The number of piperidine rings is 1. The standard InChI is InChI=1S/C31H30N6O3/c1-18-12-26(20(3)33-27-7-5-4-6-25(27)31(39)40)29-34-28(19(2)30(38)36(29)15-18)35-16-23-13-24(17-35)37(23)22-10-8-21(14-32)9-11-22/h4-12,15,20,23-24,33H,13,16-17H2,1-3H3,(H,39,40)/t20-,23?,24?/m1/s1. The van der Waals surface area contributed by atoms with Crippen LogP contribution in [0.1, 0.15) is 52.0 Å². The van der Waals surface area contributed by atoms with Crippen LogP contribution in [-0.4, -0.2) is 45.6 Å². The van der Waals surface area contributed by atoms with E-state index in [4.69, 9.17) is 10.2 Å². The average molecular weight is 535 g/mol. The summed E-state index contributed by atoms with van der Waals surface area (Å²) in [5, 5.41) is 22.1. The van der Waals surface area contributed by atoms with E-state index in [1.807, 2.05) is 57.3 Å². The summed E-state index contributed by atoms with van der Waals surface area (Å²) in [5.74, 6) is -0.308. The zero-order chi connectivity index (χ0) is 28.1. The number of rotatable bonds is 6. The number of pyridine rings is 1. The molecule has 5 heterocycles. The molecule has 3 aliphatic rings. The minimum Gasteiger partial charge on any atom is -0.478 e. The summed E-state index contributed by atoms with van der Waals surface area (Å²) in [6.07, 6.45) is 2.89. The number of aromatic carboxylic acids is 1. The first kappa shape index (κ1) is 25.4. The number of fused-ring (bicyclic) bond motifs is 3. The van der Waals surface area contributed by atoms with E-state index < -0.39 is 5.97 Å². The van der Waals surface area contributed by atoms with Crippen LogP contribution in [0.4, 0.5) is 17.2 Å². The fourth-order valence-corrected chi connectivity index (χ4v) is 6.13. The van der Waals surface area contributed by atoms with Gasteiger partial charge in [0.05, 0.1) is 28.8 Å². The Bertz CT molecular complexity index is 1730. The Kier molecular flexibility index (Phi) is 6.18. The van der Waals surface area contributed by atoms with E-state index in [-0.39, 0.29) is 17.2 Å². The summed E-state index contributed by atoms with van der Waals surface area (Å²) in [4.78, 5) is 35.1. The molecule has 0 aliphatic carbocycles. The zero-order valence-corrected chi connectivity index (χ0v) is 22.6. The maximum absolute atomic E-state index is 13.6. The number of hydrogen-bond donors (Lipinski definition) is 2. The van der Waals surface area contributed by atoms with Gasteiger partial charge in [0, 0.05) is 48.3 Å². The van der Waals surface area contributed by atoms with Crippen molar-refractivity contribution in [3.8, 4) is 6.07 Å². The molecule has 3 saturated heterocycles. The first-order valence-corrected chi connectivity index (χ1v) is 13.4. The number of para-hydroxylation sites is 1. The molecule has 2 aromatic heterocycles. The summed E-state index contributed by atoms with van der Waals surface area (Å²) in [6.45, 7) is 7.22. The molecule has 0 spiro atoms. The maximum Gasteiger partial charge on any atom is 0.337 e. The van der Waals surface area contributed by atoms with Crippen molar-refractivity contribution in [2.45, 2.75) is 45.3 Å². The number of anilines is 3. The SMILES string of the molecule is Cc1cc([C@@H](C)Nc2ccccc2C(=O)O)c2nc(N3CC4CC(C3)N4c3ccc(C#N)cc3)c(C)c(=O)n2c1. The van der Waals surface area contributed by atoms with E-state index in [9.17, 15) is 14.7 Å². The van der Waals surface area contributed by atoms with Crippen molar-refractivity contribution in [1.29, 1.82) is 5.26 Å². The maximum atomic E-state index is 13.6. The molecule has 4 aromatic rings. The summed E-state index contributed by atoms with van der Waals surface area (Å²) in [6, 6.07) is 19.0. The molecule has 7 rings (SSSR count). The smallest absolute Gasteiger partial charge is 0.337 e. The molecular formula is C31H30N6O3. The van der Waals surface area contributed by atoms with Gasteiger partial charge in [0.1, 0.15) is 11.5 Å². The number of piperazine rings is 1. The van der Waals surface area contributed by atoms with Crippen molar-refractivity contribution >= 4 is 28.8 Å². The molecule has 2 bridgehead atoms. The average Bonchev–Trinajstić information content (AvgIpc) is 2.95. The lowest BCUT2D eigenvalue weighted by molar-refractivity contribution is 0.0698. The fraction of sp³-hybridized carbons (Fsp3) is 0.290. The van der Waals surface area contributed by atoms with Gasteiger partial charge in [-0.25, -0.2) is 9.78 Å². The Morgan fingerprint density at radius 3 is 2.50 bits per heavy atom. The first-order chi connectivity index (χ1) is 19.2. The molecule has 202 valence electrons. The summed E-state index contributed by atoms with van der Waals surface area (Å²) < 4.78 is 1.61. The topological polar surface area (TPSA) is 114 Å². The van der Waals surface area contributed by atoms with Crippen LogP contribution in [0, 0.1) is 25.2 Å². The van der Waals surface area contributed by atoms with Gasteiger partial charge >= 0.3 is 5.97 Å². The molecule has 0 amide bonds. The van der Waals surface area contributed by atoms with Gasteiger partial charge < -0.3 is 20.2 Å². The van der Waals surface area contributed by atoms with E-state index in [2.05, 4.69) is 21.2 Å². The van der Waals surface area contributed by atoms with Gasteiger partial charge in [0.15, 0.2) is 0 Å². The number of benzene rings is 2. The van der Waals surface area contributed by atoms with Gasteiger partial charge in [0.25, 0.3) is 5.56 Å². The molecule has 2 unspecified atom stereocenters. The van der Waals surface area contributed by atoms with Crippen molar-refractivity contribution in [2.75, 3.05) is 28.2 Å². The quantitative estimate of drug-likeness (QED) is 0.371. The molecule has 3 fully saturated rings. The van der Waals surface area contributed by atoms with Crippen LogP contribution in [0.3, 0.4) is 0 Å². The van der Waals surface area contributed by atoms with Gasteiger partial charge in [-0.05, 0) is 75.2 Å². The number of nitrogens with zero attached hydrogens (tertiary/aromatic N) is 5. The number of nitriles is 1. The number of carboxylic acid groups (broad SMARTS) is 1. The molecule has 40 heavy (non-hydrogen) atoms. The van der Waals surface area contributed by atoms with Gasteiger partial charge in [-0.15, -0.1) is 0 Å². The third kappa shape index (κ3) is 4.22. The lowest BCUT2D eigenvalue weighted by atomic mass is 9.86. The lowest BCUT2D eigenvalue weighted by Gasteiger charge is -2.58. The summed E-state index contributed by atoms with van der Waals surface area (Å²) in [7, 11) is 0. The number of nitrogens with one attached hydrogen (secondary N) is 1. The van der Waals surface area contributed by atoms with Crippen molar-refractivity contribution < 1.29 is 9.90 Å². The second-order valence-electron chi connectivity index (χ2n) is 10.8. The van der Waals surface area contributed by atoms with Crippen LogP contribution >= 0.6 is 0 Å². The molecule has 3 aliphatic heterocycles. The Balaban J connectivity index is 1.34. The van der Waals surface area contributed by atoms with Crippen molar-refractivity contribution in [1.82, 2.24) is 9.38 Å². The molecule has 0 radical (unpaired) electrons. The lowest BCUT2D eigenvalue weighted by Crippen LogP contribution is -2.69. The van der Waals surface area contributed by atoms with Crippen LogP contribution in [0.5, 0.6) is 0 Å². The van der Waals surface area contributed by atoms with Gasteiger partial charge in [-0.1, -0.05) is 12.1 Å². The van der Waals surface area contributed by atoms with Crippen molar-refractivity contribution in [3.05, 3.63) is 99.0 Å². The fourth-order valence-electron chi connectivity index (χ4n) is 6.13. The van der Waals surface area contributed by atoms with Crippen molar-refractivity contribution in [3.63, 3.8) is 0 Å². The molecule has 2 N–H and O–H groups in total. The predicted octanol–water partition coefficient (Wildman–Crippen LogP) is 4.52. The Morgan fingerprint density at radius 2 is 1.82 bits per heavy atom. The highest BCUT2D eigenvalue weighted by atomic mass is 16.4. The highest BCUT2D eigenvalue weighted by Gasteiger charge is 2.45. The minimum atomic E-state index is -1.00. The third-order valence-corrected chi connectivity index (χ3v) is 8.07. The van der Waals surface area contributed by atoms with E-state index in [1.165, 1.54) is 0 Å². The number of aryl methyl sites for hydroxylation is 1. The van der Waals surface area contributed by atoms with E-state index in [0.717, 1.165) is 36.3 Å². The largest absolute Gasteiger partial charge is 0.478 e. The molecule has 0 saturated carbocycles. The molecule has 9 nitrogen and oxygen atoms in total. The van der Waals surface area contributed by atoms with Crippen molar-refractivity contribution in [2.24, 2.45) is 0 Å². The van der Waals surface area contributed by atoms with Gasteiger partial charge in [-0.2, -0.15) is 5.26 Å². The molecular weight excluding hydrogens is 504 g/mol. The number of hydrogen-bond acceptors (Lipinski definition) is 7. The molecule has 9 heteroatoms. The van der Waals surface area contributed by atoms with Crippen LogP contribution < -0.4 is 20.7 Å². The normalized spacial score (nSPS) is 18.6. The third-order valence-electron chi connectivity index (χ3n) is 8.07. The van der Waals surface area contributed by atoms with E-state index in [1.54, 1.807) is 28.7 Å². The zero-order valence-electron chi connectivity index (χ0n) is 22.6. The van der Waals surface area contributed by atoms with E-state index >= 15 is 0 Å². The summed E-state index contributed by atoms with van der Waals surface area (Å²) >= 11 is 0. The number of carbonyl (C=O) groups is 1. The van der Waals surface area contributed by atoms with Gasteiger partial charge in [-0.3, -0.25) is 9.20 Å². The number of carboxylic acids is 1. The highest BCUT2D eigenvalue weighted by molar-refractivity contribution is 5.94. The Morgan fingerprint density at radius 1 is 1.12 bits per heavy atom. The second kappa shape index (κ2) is 9.72.